The van der Waals surface area contributed by atoms with Gasteiger partial charge >= 0.3 is 0 Å². The van der Waals surface area contributed by atoms with Gasteiger partial charge in [0.2, 0.25) is 5.91 Å². The third kappa shape index (κ3) is 6.80. The van der Waals surface area contributed by atoms with Gasteiger partial charge in [0.1, 0.15) is 12.4 Å². The molecule has 0 bridgehead atoms. The van der Waals surface area contributed by atoms with Crippen LogP contribution in [0.25, 0.3) is 5.69 Å². The molecule has 0 saturated heterocycles. The van der Waals surface area contributed by atoms with E-state index in [0.717, 1.165) is 33.8 Å². The molecule has 4 aromatic rings. The van der Waals surface area contributed by atoms with E-state index < -0.39 is 0 Å². The molecule has 192 valence electrons. The normalized spacial score (nSPS) is 11.4. The zero-order valence-corrected chi connectivity index (χ0v) is 23.1. The molecule has 1 aromatic heterocycles. The molecule has 0 atom stereocenters. The van der Waals surface area contributed by atoms with Gasteiger partial charge in [0, 0.05) is 11.4 Å². The van der Waals surface area contributed by atoms with Crippen LogP contribution in [0.4, 0.5) is 5.69 Å². The Morgan fingerprint density at radius 2 is 1.59 bits per heavy atom. The number of nitrogens with one attached hydrogen (secondary N) is 1. The van der Waals surface area contributed by atoms with Crippen LogP contribution in [-0.2, 0) is 16.8 Å². The van der Waals surface area contributed by atoms with Gasteiger partial charge < -0.3 is 10.1 Å². The van der Waals surface area contributed by atoms with Crippen LogP contribution in [-0.4, -0.2) is 26.4 Å². The summed E-state index contributed by atoms with van der Waals surface area (Å²) in [4.78, 5) is 12.7. The molecule has 1 amide bonds. The summed E-state index contributed by atoms with van der Waals surface area (Å²) < 4.78 is 8.03. The lowest BCUT2D eigenvalue weighted by molar-refractivity contribution is -0.113. The van der Waals surface area contributed by atoms with Crippen molar-refractivity contribution in [3.05, 3.63) is 94.8 Å². The van der Waals surface area contributed by atoms with E-state index in [2.05, 4.69) is 55.3 Å². The lowest BCUT2D eigenvalue weighted by atomic mass is 9.87. The summed E-state index contributed by atoms with van der Waals surface area (Å²) in [6, 6.07) is 22.3. The minimum absolute atomic E-state index is 0.0839. The van der Waals surface area contributed by atoms with Gasteiger partial charge in [-0.25, -0.2) is 0 Å². The van der Waals surface area contributed by atoms with Crippen molar-refractivity contribution in [1.82, 2.24) is 14.8 Å². The first-order chi connectivity index (χ1) is 17.6. The first-order valence-electron chi connectivity index (χ1n) is 12.3. The van der Waals surface area contributed by atoms with Gasteiger partial charge in [0.25, 0.3) is 0 Å². The van der Waals surface area contributed by atoms with Crippen LogP contribution in [0.15, 0.2) is 71.9 Å². The second-order valence-electron chi connectivity index (χ2n) is 10.3. The van der Waals surface area contributed by atoms with Crippen molar-refractivity contribution in [2.75, 3.05) is 11.1 Å². The number of ether oxygens (including phenoxy) is 1. The van der Waals surface area contributed by atoms with Gasteiger partial charge in [-0.3, -0.25) is 9.36 Å². The number of hydrogen-bond acceptors (Lipinski definition) is 5. The van der Waals surface area contributed by atoms with Crippen LogP contribution in [0.5, 0.6) is 5.75 Å². The van der Waals surface area contributed by atoms with Gasteiger partial charge in [0.15, 0.2) is 11.0 Å². The predicted octanol–water partition coefficient (Wildman–Crippen LogP) is 6.80. The molecule has 1 N–H and O–H groups in total. The van der Waals surface area contributed by atoms with Gasteiger partial charge in [-0.1, -0.05) is 74.5 Å². The van der Waals surface area contributed by atoms with E-state index in [1.54, 1.807) is 0 Å². The molecule has 0 saturated carbocycles. The van der Waals surface area contributed by atoms with Crippen molar-refractivity contribution >= 4 is 23.4 Å². The van der Waals surface area contributed by atoms with Crippen LogP contribution < -0.4 is 10.1 Å². The van der Waals surface area contributed by atoms with E-state index in [0.29, 0.717) is 11.0 Å². The standard InChI is InChI=1S/C30H34N4O2S/c1-20-8-13-24(14-9-20)34-27(18-36-25-15-11-23(12-16-25)30(4,5)6)32-33-29(34)37-19-28(35)31-26-17-21(2)7-10-22(26)3/h7-17H,18-19H2,1-6H3,(H,31,35). The largest absolute Gasteiger partial charge is 0.486 e. The van der Waals surface area contributed by atoms with E-state index >= 15 is 0 Å². The number of benzene rings is 3. The lowest BCUT2D eigenvalue weighted by Crippen LogP contribution is -2.15. The topological polar surface area (TPSA) is 69.0 Å². The molecule has 0 fully saturated rings. The number of carbonyl (C=O) groups excluding carboxylic acids is 1. The van der Waals surface area contributed by atoms with E-state index in [-0.39, 0.29) is 23.7 Å². The Morgan fingerprint density at radius 3 is 2.27 bits per heavy atom. The Kier molecular flexibility index (Phi) is 8.03. The zero-order chi connectivity index (χ0) is 26.6. The number of amides is 1. The van der Waals surface area contributed by atoms with E-state index in [1.165, 1.54) is 17.3 Å². The Balaban J connectivity index is 1.50. The monoisotopic (exact) mass is 514 g/mol. The Morgan fingerprint density at radius 1 is 0.919 bits per heavy atom. The van der Waals surface area contributed by atoms with Gasteiger partial charge in [-0.05, 0) is 73.2 Å². The lowest BCUT2D eigenvalue weighted by Gasteiger charge is -2.19. The van der Waals surface area contributed by atoms with E-state index in [4.69, 9.17) is 4.74 Å². The van der Waals surface area contributed by atoms with Crippen LogP contribution in [0, 0.1) is 20.8 Å². The summed E-state index contributed by atoms with van der Waals surface area (Å²) >= 11 is 1.35. The summed E-state index contributed by atoms with van der Waals surface area (Å²) in [5.41, 5.74) is 6.38. The van der Waals surface area contributed by atoms with Crippen molar-refractivity contribution in [2.45, 2.75) is 58.7 Å². The molecule has 0 spiro atoms. The second kappa shape index (κ2) is 11.2. The first-order valence-corrected chi connectivity index (χ1v) is 13.3. The second-order valence-corrected chi connectivity index (χ2v) is 11.2. The Bertz CT molecular complexity index is 1370. The maximum Gasteiger partial charge on any atom is 0.234 e. The molecule has 0 unspecified atom stereocenters. The maximum absolute atomic E-state index is 12.7. The number of hydrogen-bond donors (Lipinski definition) is 1. The predicted molar refractivity (Wildman–Crippen MR) is 151 cm³/mol. The molecular weight excluding hydrogens is 480 g/mol. The fraction of sp³-hybridized carbons (Fsp3) is 0.300. The Labute approximate surface area is 223 Å². The zero-order valence-electron chi connectivity index (χ0n) is 22.3. The number of rotatable bonds is 8. The van der Waals surface area contributed by atoms with Crippen LogP contribution in [0.3, 0.4) is 0 Å². The fourth-order valence-corrected chi connectivity index (χ4v) is 4.60. The van der Waals surface area contributed by atoms with Gasteiger partial charge in [-0.2, -0.15) is 0 Å². The SMILES string of the molecule is Cc1ccc(-n2c(COc3ccc(C(C)(C)C)cc3)nnc2SCC(=O)Nc2cc(C)ccc2C)cc1. The molecule has 37 heavy (non-hydrogen) atoms. The van der Waals surface area contributed by atoms with E-state index in [9.17, 15) is 4.79 Å². The third-order valence-electron chi connectivity index (χ3n) is 6.08. The number of aryl methyl sites for hydroxylation is 3. The van der Waals surface area contributed by atoms with Crippen molar-refractivity contribution < 1.29 is 9.53 Å². The molecule has 3 aromatic carbocycles. The Hall–Kier alpha value is -3.58. The molecule has 7 heteroatoms. The highest BCUT2D eigenvalue weighted by molar-refractivity contribution is 7.99. The molecule has 0 aliphatic carbocycles. The number of nitrogens with zero attached hydrogens (tertiary/aromatic N) is 3. The molecule has 4 rings (SSSR count). The van der Waals surface area contributed by atoms with Crippen molar-refractivity contribution in [3.8, 4) is 11.4 Å². The van der Waals surface area contributed by atoms with Crippen molar-refractivity contribution in [3.63, 3.8) is 0 Å². The molecule has 1 heterocycles. The average molecular weight is 515 g/mol. The first kappa shape index (κ1) is 26.5. The van der Waals surface area contributed by atoms with Crippen LogP contribution in [0.1, 0.15) is 48.8 Å². The summed E-state index contributed by atoms with van der Waals surface area (Å²) in [6.45, 7) is 12.9. The summed E-state index contributed by atoms with van der Waals surface area (Å²) in [7, 11) is 0. The maximum atomic E-state index is 12.7. The molecule has 0 aliphatic rings. The molecule has 0 radical (unpaired) electrons. The molecular formula is C30H34N4O2S. The highest BCUT2D eigenvalue weighted by Gasteiger charge is 2.18. The number of aromatic nitrogens is 3. The smallest absolute Gasteiger partial charge is 0.234 e. The third-order valence-corrected chi connectivity index (χ3v) is 7.01. The summed E-state index contributed by atoms with van der Waals surface area (Å²) in [6.07, 6.45) is 0. The number of anilines is 1. The average Bonchev–Trinajstić information content (AvgIpc) is 3.26. The molecule has 6 nitrogen and oxygen atoms in total. The highest BCUT2D eigenvalue weighted by Crippen LogP contribution is 2.26. The minimum Gasteiger partial charge on any atom is -0.486 e. The highest BCUT2D eigenvalue weighted by atomic mass is 32.2. The van der Waals surface area contributed by atoms with Gasteiger partial charge in [0.05, 0.1) is 5.75 Å². The summed E-state index contributed by atoms with van der Waals surface area (Å²) in [5.74, 6) is 1.57. The quantitative estimate of drug-likeness (QED) is 0.262. The van der Waals surface area contributed by atoms with E-state index in [1.807, 2.05) is 73.0 Å². The van der Waals surface area contributed by atoms with Crippen LogP contribution >= 0.6 is 11.8 Å². The van der Waals surface area contributed by atoms with Crippen molar-refractivity contribution in [2.24, 2.45) is 0 Å². The molecule has 0 aliphatic heterocycles. The fourth-order valence-electron chi connectivity index (χ4n) is 3.83. The van der Waals surface area contributed by atoms with Crippen molar-refractivity contribution in [1.29, 1.82) is 0 Å². The van der Waals surface area contributed by atoms with Gasteiger partial charge in [-0.15, -0.1) is 10.2 Å². The minimum atomic E-state index is -0.0890. The number of carbonyl (C=O) groups is 1. The van der Waals surface area contributed by atoms with Crippen LogP contribution in [0.2, 0.25) is 0 Å². The summed E-state index contributed by atoms with van der Waals surface area (Å²) in [5, 5.41) is 12.5. The number of thioether (sulfide) groups is 1.